The number of ether oxygens (including phenoxy) is 1. The number of hydrogen-bond donors (Lipinski definition) is 2. The van der Waals surface area contributed by atoms with Crippen molar-refractivity contribution in [3.05, 3.63) is 35.6 Å². The Kier molecular flexibility index (Phi) is 6.10. The van der Waals surface area contributed by atoms with Gasteiger partial charge in [-0.15, -0.1) is 0 Å². The van der Waals surface area contributed by atoms with Gasteiger partial charge in [0.2, 0.25) is 5.91 Å². The summed E-state index contributed by atoms with van der Waals surface area (Å²) in [6, 6.07) is 5.40. The molecule has 0 radical (unpaired) electrons. The fourth-order valence-corrected chi connectivity index (χ4v) is 2.01. The number of halogens is 1. The normalized spacial score (nSPS) is 15.8. The number of carbonyl (C=O) groups excluding carboxylic acids is 1. The third-order valence-electron chi connectivity index (χ3n) is 3.31. The Labute approximate surface area is 119 Å². The van der Waals surface area contributed by atoms with Gasteiger partial charge in [-0.2, -0.15) is 0 Å². The van der Waals surface area contributed by atoms with Gasteiger partial charge in [-0.05, 0) is 18.9 Å². The number of nitrogens with one attached hydrogen (secondary N) is 1. The molecular weight excluding hydrogens is 259 g/mol. The van der Waals surface area contributed by atoms with Crippen LogP contribution in [0.15, 0.2) is 24.3 Å². The van der Waals surface area contributed by atoms with Crippen LogP contribution in [-0.4, -0.2) is 25.1 Å². The van der Waals surface area contributed by atoms with Crippen LogP contribution in [0.3, 0.4) is 0 Å². The second-order valence-electron chi connectivity index (χ2n) is 5.24. The summed E-state index contributed by atoms with van der Waals surface area (Å²) in [5.41, 5.74) is 6.21. The largest absolute Gasteiger partial charge is 0.375 e. The molecule has 2 unspecified atom stereocenters. The molecule has 0 fully saturated rings. The fourth-order valence-electron chi connectivity index (χ4n) is 2.01. The molecule has 4 nitrogen and oxygen atoms in total. The Morgan fingerprint density at radius 2 is 1.90 bits per heavy atom. The minimum absolute atomic E-state index is 0.0386. The highest BCUT2D eigenvalue weighted by atomic mass is 19.1. The molecule has 20 heavy (non-hydrogen) atoms. The van der Waals surface area contributed by atoms with Crippen molar-refractivity contribution in [3.63, 3.8) is 0 Å². The van der Waals surface area contributed by atoms with Crippen molar-refractivity contribution in [2.75, 3.05) is 7.11 Å². The molecule has 0 bridgehead atoms. The van der Waals surface area contributed by atoms with Crippen molar-refractivity contribution < 1.29 is 13.9 Å². The standard InChI is InChI=1S/C15H23FN2O2/c1-9(2)13(17)15(19)18-10(3)14(20-4)11-7-5-6-8-12(11)16/h5-10,13-14H,17H2,1-4H3,(H,18,19)/t10?,13-,14?/m0/s1. The molecule has 0 aliphatic heterocycles. The molecule has 0 saturated carbocycles. The van der Waals surface area contributed by atoms with Crippen LogP contribution in [0.25, 0.3) is 0 Å². The third-order valence-corrected chi connectivity index (χ3v) is 3.31. The summed E-state index contributed by atoms with van der Waals surface area (Å²) in [6.07, 6.45) is -0.556. The van der Waals surface area contributed by atoms with Crippen molar-refractivity contribution in [2.45, 2.75) is 39.0 Å². The van der Waals surface area contributed by atoms with E-state index in [9.17, 15) is 9.18 Å². The zero-order valence-corrected chi connectivity index (χ0v) is 12.4. The molecule has 1 aromatic rings. The average molecular weight is 282 g/mol. The SMILES string of the molecule is COC(c1ccccc1F)C(C)NC(=O)[C@@H](N)C(C)C. The molecule has 1 aromatic carbocycles. The van der Waals surface area contributed by atoms with Gasteiger partial charge in [0.25, 0.3) is 0 Å². The third kappa shape index (κ3) is 4.02. The summed E-state index contributed by atoms with van der Waals surface area (Å²) >= 11 is 0. The predicted molar refractivity (Wildman–Crippen MR) is 76.6 cm³/mol. The molecule has 0 aliphatic carbocycles. The Morgan fingerprint density at radius 1 is 1.30 bits per heavy atom. The first-order valence-corrected chi connectivity index (χ1v) is 6.71. The lowest BCUT2D eigenvalue weighted by Crippen LogP contribution is -2.48. The van der Waals surface area contributed by atoms with E-state index in [1.165, 1.54) is 13.2 Å². The second-order valence-corrected chi connectivity index (χ2v) is 5.24. The summed E-state index contributed by atoms with van der Waals surface area (Å²) < 4.78 is 19.1. The number of hydrogen-bond acceptors (Lipinski definition) is 3. The summed E-state index contributed by atoms with van der Waals surface area (Å²) in [6.45, 7) is 5.52. The predicted octanol–water partition coefficient (Wildman–Crippen LogP) is 2.00. The first kappa shape index (κ1) is 16.6. The van der Waals surface area contributed by atoms with Gasteiger partial charge >= 0.3 is 0 Å². The van der Waals surface area contributed by atoms with Crippen molar-refractivity contribution in [1.29, 1.82) is 0 Å². The highest BCUT2D eigenvalue weighted by Gasteiger charge is 2.26. The van der Waals surface area contributed by atoms with Crippen LogP contribution in [0.4, 0.5) is 4.39 Å². The van der Waals surface area contributed by atoms with E-state index in [1.54, 1.807) is 25.1 Å². The topological polar surface area (TPSA) is 64.3 Å². The molecule has 0 aromatic heterocycles. The number of carbonyl (C=O) groups is 1. The van der Waals surface area contributed by atoms with Crippen LogP contribution in [0.1, 0.15) is 32.4 Å². The van der Waals surface area contributed by atoms with E-state index in [-0.39, 0.29) is 23.7 Å². The lowest BCUT2D eigenvalue weighted by molar-refractivity contribution is -0.124. The highest BCUT2D eigenvalue weighted by molar-refractivity contribution is 5.82. The van der Waals surface area contributed by atoms with E-state index < -0.39 is 12.1 Å². The lowest BCUT2D eigenvalue weighted by atomic mass is 10.0. The number of methoxy groups -OCH3 is 1. The molecule has 3 N–H and O–H groups in total. The second kappa shape index (κ2) is 7.36. The van der Waals surface area contributed by atoms with Gasteiger partial charge in [-0.25, -0.2) is 4.39 Å². The molecular formula is C15H23FN2O2. The molecule has 0 heterocycles. The zero-order chi connectivity index (χ0) is 15.3. The van der Waals surface area contributed by atoms with Crippen molar-refractivity contribution in [1.82, 2.24) is 5.32 Å². The maximum absolute atomic E-state index is 13.8. The number of amides is 1. The average Bonchev–Trinajstić information content (AvgIpc) is 2.40. The first-order valence-electron chi connectivity index (χ1n) is 6.71. The minimum Gasteiger partial charge on any atom is -0.375 e. The molecule has 0 aliphatic rings. The Bertz CT molecular complexity index is 451. The summed E-state index contributed by atoms with van der Waals surface area (Å²) in [4.78, 5) is 11.9. The van der Waals surface area contributed by atoms with Crippen LogP contribution in [0.5, 0.6) is 0 Å². The van der Waals surface area contributed by atoms with E-state index in [2.05, 4.69) is 5.32 Å². The van der Waals surface area contributed by atoms with Gasteiger partial charge in [0.05, 0.1) is 12.1 Å². The highest BCUT2D eigenvalue weighted by Crippen LogP contribution is 2.23. The number of rotatable bonds is 6. The lowest BCUT2D eigenvalue weighted by Gasteiger charge is -2.26. The Balaban J connectivity index is 2.81. The van der Waals surface area contributed by atoms with Crippen LogP contribution < -0.4 is 11.1 Å². The van der Waals surface area contributed by atoms with Gasteiger partial charge in [-0.1, -0.05) is 32.0 Å². The Hall–Kier alpha value is -1.46. The summed E-state index contributed by atoms with van der Waals surface area (Å²) in [5.74, 6) is -0.573. The monoisotopic (exact) mass is 282 g/mol. The first-order chi connectivity index (χ1) is 9.38. The number of benzene rings is 1. The van der Waals surface area contributed by atoms with Crippen LogP contribution in [0.2, 0.25) is 0 Å². The van der Waals surface area contributed by atoms with Crippen molar-refractivity contribution in [3.8, 4) is 0 Å². The van der Waals surface area contributed by atoms with Gasteiger partial charge in [-0.3, -0.25) is 4.79 Å². The van der Waals surface area contributed by atoms with Crippen LogP contribution in [-0.2, 0) is 9.53 Å². The Morgan fingerprint density at radius 3 is 2.40 bits per heavy atom. The fraction of sp³-hybridized carbons (Fsp3) is 0.533. The molecule has 112 valence electrons. The molecule has 5 heteroatoms. The zero-order valence-electron chi connectivity index (χ0n) is 12.4. The van der Waals surface area contributed by atoms with Gasteiger partial charge < -0.3 is 15.8 Å². The van der Waals surface area contributed by atoms with E-state index in [0.717, 1.165) is 0 Å². The van der Waals surface area contributed by atoms with E-state index in [0.29, 0.717) is 5.56 Å². The van der Waals surface area contributed by atoms with Gasteiger partial charge in [0.15, 0.2) is 0 Å². The van der Waals surface area contributed by atoms with Crippen LogP contribution in [0, 0.1) is 11.7 Å². The minimum atomic E-state index is -0.587. The van der Waals surface area contributed by atoms with Gasteiger partial charge in [0, 0.05) is 12.7 Å². The molecule has 3 atom stereocenters. The molecule has 0 saturated heterocycles. The quantitative estimate of drug-likeness (QED) is 0.839. The molecule has 1 amide bonds. The van der Waals surface area contributed by atoms with Gasteiger partial charge in [0.1, 0.15) is 11.9 Å². The summed E-state index contributed by atoms with van der Waals surface area (Å²) in [7, 11) is 1.49. The van der Waals surface area contributed by atoms with Crippen molar-refractivity contribution in [2.24, 2.45) is 11.7 Å². The molecule has 0 spiro atoms. The van der Waals surface area contributed by atoms with Crippen molar-refractivity contribution >= 4 is 5.91 Å². The maximum atomic E-state index is 13.8. The summed E-state index contributed by atoms with van der Waals surface area (Å²) in [5, 5.41) is 2.78. The number of nitrogens with two attached hydrogens (primary N) is 1. The maximum Gasteiger partial charge on any atom is 0.237 e. The van der Waals surface area contributed by atoms with E-state index >= 15 is 0 Å². The smallest absolute Gasteiger partial charge is 0.237 e. The van der Waals surface area contributed by atoms with E-state index in [1.807, 2.05) is 13.8 Å². The van der Waals surface area contributed by atoms with Crippen LogP contribution >= 0.6 is 0 Å². The molecule has 1 rings (SSSR count). The van der Waals surface area contributed by atoms with E-state index in [4.69, 9.17) is 10.5 Å².